The summed E-state index contributed by atoms with van der Waals surface area (Å²) in [6, 6.07) is 12.8. The minimum Gasteiger partial charge on any atom is -0.507 e. The van der Waals surface area contributed by atoms with E-state index in [1.165, 1.54) is 0 Å². The van der Waals surface area contributed by atoms with Gasteiger partial charge in [0.15, 0.2) is 0 Å². The first-order chi connectivity index (χ1) is 10.2. The summed E-state index contributed by atoms with van der Waals surface area (Å²) in [6.07, 6.45) is 1.69. The molecule has 2 aromatic carbocycles. The van der Waals surface area contributed by atoms with E-state index in [9.17, 15) is 5.11 Å². The smallest absolute Gasteiger partial charge is 0.221 e. The van der Waals surface area contributed by atoms with Crippen LogP contribution in [0.4, 0.5) is 0 Å². The topological polar surface area (TPSA) is 62.6 Å². The van der Waals surface area contributed by atoms with E-state index in [-0.39, 0.29) is 12.4 Å². The lowest BCUT2D eigenvalue weighted by atomic mass is 9.99. The molecule has 0 aliphatic rings. The fourth-order valence-corrected chi connectivity index (χ4v) is 2.43. The first-order valence-corrected chi connectivity index (χ1v) is 6.59. The molecule has 0 amide bonds. The molecule has 0 saturated heterocycles. The van der Waals surface area contributed by atoms with Crippen LogP contribution in [0.15, 0.2) is 48.7 Å². The van der Waals surface area contributed by atoms with Crippen molar-refractivity contribution in [2.45, 2.75) is 6.61 Å². The van der Waals surface area contributed by atoms with Crippen molar-refractivity contribution in [3.05, 3.63) is 54.2 Å². The number of benzene rings is 2. The molecule has 3 aromatic rings. The van der Waals surface area contributed by atoms with E-state index in [0.717, 1.165) is 22.1 Å². The predicted octanol–water partition coefficient (Wildman–Crippen LogP) is 3.11. The van der Waals surface area contributed by atoms with Crippen LogP contribution in [-0.2, 0) is 6.61 Å². The number of aliphatic hydroxyl groups is 1. The number of aromatic nitrogens is 1. The number of phenols is 1. The molecule has 0 radical (unpaired) electrons. The zero-order chi connectivity index (χ0) is 14.8. The molecule has 1 aromatic heterocycles. The van der Waals surface area contributed by atoms with E-state index in [2.05, 4.69) is 4.98 Å². The van der Waals surface area contributed by atoms with Gasteiger partial charge in [0, 0.05) is 22.5 Å². The number of nitrogens with zero attached hydrogens (tertiary/aromatic N) is 1. The zero-order valence-corrected chi connectivity index (χ0v) is 11.6. The molecule has 4 heteroatoms. The quantitative estimate of drug-likeness (QED) is 0.774. The molecule has 4 nitrogen and oxygen atoms in total. The van der Waals surface area contributed by atoms with Crippen LogP contribution in [0, 0.1) is 0 Å². The van der Waals surface area contributed by atoms with Crippen molar-refractivity contribution in [1.29, 1.82) is 0 Å². The number of methoxy groups -OCH3 is 1. The number of fused-ring (bicyclic) bond motifs is 1. The Morgan fingerprint density at radius 3 is 2.52 bits per heavy atom. The summed E-state index contributed by atoms with van der Waals surface area (Å²) in [5, 5.41) is 20.8. The van der Waals surface area contributed by atoms with Gasteiger partial charge in [-0.15, -0.1) is 0 Å². The van der Waals surface area contributed by atoms with Gasteiger partial charge < -0.3 is 14.9 Å². The summed E-state index contributed by atoms with van der Waals surface area (Å²) in [6.45, 7) is 0.00708. The standard InChI is InChI=1S/C17H15NO3/c1-21-17-13-3-2-4-15(20)16(13)14(9-18-17)12-7-5-11(10-19)6-8-12/h2-9,19-20H,10H2,1H3. The van der Waals surface area contributed by atoms with Crippen LogP contribution in [0.5, 0.6) is 11.6 Å². The number of rotatable bonds is 3. The minimum absolute atomic E-state index is 0.00708. The molecule has 0 aliphatic carbocycles. The molecule has 0 atom stereocenters. The van der Waals surface area contributed by atoms with Crippen LogP contribution >= 0.6 is 0 Å². The predicted molar refractivity (Wildman–Crippen MR) is 81.3 cm³/mol. The lowest BCUT2D eigenvalue weighted by Gasteiger charge is -2.11. The molecule has 3 rings (SSSR count). The molecular weight excluding hydrogens is 266 g/mol. The maximum absolute atomic E-state index is 10.2. The highest BCUT2D eigenvalue weighted by Crippen LogP contribution is 2.37. The van der Waals surface area contributed by atoms with E-state index in [1.807, 2.05) is 30.3 Å². The van der Waals surface area contributed by atoms with Gasteiger partial charge >= 0.3 is 0 Å². The molecule has 0 saturated carbocycles. The molecule has 0 bridgehead atoms. The van der Waals surface area contributed by atoms with Gasteiger partial charge in [-0.3, -0.25) is 0 Å². The molecule has 0 unspecified atom stereocenters. The molecule has 106 valence electrons. The van der Waals surface area contributed by atoms with Crippen LogP contribution < -0.4 is 4.74 Å². The van der Waals surface area contributed by atoms with Crippen LogP contribution in [-0.4, -0.2) is 22.3 Å². The Morgan fingerprint density at radius 1 is 1.10 bits per heavy atom. The van der Waals surface area contributed by atoms with Gasteiger partial charge in [-0.1, -0.05) is 30.3 Å². The summed E-state index contributed by atoms with van der Waals surface area (Å²) in [5.74, 6) is 0.672. The Labute approximate surface area is 122 Å². The van der Waals surface area contributed by atoms with Crippen molar-refractivity contribution >= 4 is 10.8 Å². The highest BCUT2D eigenvalue weighted by atomic mass is 16.5. The van der Waals surface area contributed by atoms with Crippen LogP contribution in [0.3, 0.4) is 0 Å². The molecule has 0 aliphatic heterocycles. The number of ether oxygens (including phenoxy) is 1. The maximum Gasteiger partial charge on any atom is 0.221 e. The fraction of sp³-hybridized carbons (Fsp3) is 0.118. The van der Waals surface area contributed by atoms with E-state index in [4.69, 9.17) is 9.84 Å². The van der Waals surface area contributed by atoms with E-state index >= 15 is 0 Å². The van der Waals surface area contributed by atoms with Gasteiger partial charge in [0.25, 0.3) is 0 Å². The van der Waals surface area contributed by atoms with Crippen molar-refractivity contribution in [3.8, 4) is 22.8 Å². The van der Waals surface area contributed by atoms with Crippen molar-refractivity contribution in [3.63, 3.8) is 0 Å². The molecular formula is C17H15NO3. The number of phenolic OH excluding ortho intramolecular Hbond substituents is 1. The lowest BCUT2D eigenvalue weighted by molar-refractivity contribution is 0.282. The van der Waals surface area contributed by atoms with Crippen molar-refractivity contribution in [1.82, 2.24) is 4.98 Å². The van der Waals surface area contributed by atoms with Crippen molar-refractivity contribution in [2.24, 2.45) is 0 Å². The Bertz CT molecular complexity index is 782. The van der Waals surface area contributed by atoms with Gasteiger partial charge in [0.1, 0.15) is 5.75 Å². The first-order valence-electron chi connectivity index (χ1n) is 6.59. The molecule has 21 heavy (non-hydrogen) atoms. The third-order valence-electron chi connectivity index (χ3n) is 3.49. The normalized spacial score (nSPS) is 10.8. The average molecular weight is 281 g/mol. The zero-order valence-electron chi connectivity index (χ0n) is 11.6. The SMILES string of the molecule is COc1ncc(-c2ccc(CO)cc2)c2c(O)cccc12. The molecule has 0 fully saturated rings. The van der Waals surface area contributed by atoms with Crippen molar-refractivity contribution < 1.29 is 14.9 Å². The minimum atomic E-state index is 0.00708. The van der Waals surface area contributed by atoms with Gasteiger partial charge in [-0.05, 0) is 23.3 Å². The van der Waals surface area contributed by atoms with Crippen LogP contribution in [0.25, 0.3) is 21.9 Å². The number of aromatic hydroxyl groups is 1. The Kier molecular flexibility index (Phi) is 3.46. The van der Waals surface area contributed by atoms with E-state index < -0.39 is 0 Å². The van der Waals surface area contributed by atoms with Gasteiger partial charge in [-0.2, -0.15) is 0 Å². The van der Waals surface area contributed by atoms with Crippen LogP contribution in [0.2, 0.25) is 0 Å². The second-order valence-electron chi connectivity index (χ2n) is 4.74. The fourth-order valence-electron chi connectivity index (χ4n) is 2.43. The van der Waals surface area contributed by atoms with Gasteiger partial charge in [0.05, 0.1) is 13.7 Å². The Morgan fingerprint density at radius 2 is 1.86 bits per heavy atom. The summed E-state index contributed by atoms with van der Waals surface area (Å²) in [7, 11) is 1.56. The van der Waals surface area contributed by atoms with Gasteiger partial charge in [-0.25, -0.2) is 4.98 Å². The van der Waals surface area contributed by atoms with Gasteiger partial charge in [0.2, 0.25) is 5.88 Å². The molecule has 0 spiro atoms. The monoisotopic (exact) mass is 281 g/mol. The molecule has 2 N–H and O–H groups in total. The first kappa shape index (κ1) is 13.4. The largest absolute Gasteiger partial charge is 0.507 e. The van der Waals surface area contributed by atoms with E-state index in [0.29, 0.717) is 11.3 Å². The summed E-state index contributed by atoms with van der Waals surface area (Å²) in [4.78, 5) is 4.30. The number of aliphatic hydroxyl groups excluding tert-OH is 1. The maximum atomic E-state index is 10.2. The second kappa shape index (κ2) is 5.42. The molecule has 1 heterocycles. The highest BCUT2D eigenvalue weighted by molar-refractivity contribution is 6.02. The third-order valence-corrected chi connectivity index (χ3v) is 3.49. The third kappa shape index (κ3) is 2.30. The Balaban J connectivity index is 2.27. The number of hydrogen-bond donors (Lipinski definition) is 2. The highest BCUT2D eigenvalue weighted by Gasteiger charge is 2.12. The second-order valence-corrected chi connectivity index (χ2v) is 4.74. The van der Waals surface area contributed by atoms with Crippen molar-refractivity contribution in [2.75, 3.05) is 7.11 Å². The summed E-state index contributed by atoms with van der Waals surface area (Å²) >= 11 is 0. The van der Waals surface area contributed by atoms with E-state index in [1.54, 1.807) is 25.4 Å². The Hall–Kier alpha value is -2.59. The van der Waals surface area contributed by atoms with Crippen LogP contribution in [0.1, 0.15) is 5.56 Å². The number of pyridine rings is 1. The number of hydrogen-bond acceptors (Lipinski definition) is 4. The lowest BCUT2D eigenvalue weighted by Crippen LogP contribution is -1.92. The summed E-state index contributed by atoms with van der Waals surface area (Å²) < 4.78 is 5.25. The average Bonchev–Trinajstić information content (AvgIpc) is 2.54. The summed E-state index contributed by atoms with van der Waals surface area (Å²) in [5.41, 5.74) is 2.59.